The maximum absolute atomic E-state index is 12.4. The average Bonchev–Trinajstić information content (AvgIpc) is 3.17. The van der Waals surface area contributed by atoms with E-state index < -0.39 is 0 Å². The van der Waals surface area contributed by atoms with Crippen LogP contribution in [0.3, 0.4) is 0 Å². The predicted octanol–water partition coefficient (Wildman–Crippen LogP) is 3.13. The molecule has 3 amide bonds. The molecule has 1 aliphatic carbocycles. The molecule has 1 aromatic carbocycles. The highest BCUT2D eigenvalue weighted by Crippen LogP contribution is 2.26. The van der Waals surface area contributed by atoms with Crippen LogP contribution in [-0.4, -0.2) is 49.6 Å². The van der Waals surface area contributed by atoms with Gasteiger partial charge in [0.1, 0.15) is 0 Å². The van der Waals surface area contributed by atoms with Crippen LogP contribution in [0.2, 0.25) is 0 Å². The van der Waals surface area contributed by atoms with Gasteiger partial charge in [-0.25, -0.2) is 4.79 Å². The minimum Gasteiger partial charge on any atom is -0.355 e. The topological polar surface area (TPSA) is 73.5 Å². The smallest absolute Gasteiger partial charge is 0.319 e. The number of carbonyl (C=O) groups is 2. The molecule has 148 valence electrons. The van der Waals surface area contributed by atoms with Gasteiger partial charge in [-0.05, 0) is 62.3 Å². The Morgan fingerprint density at radius 2 is 1.81 bits per heavy atom. The Morgan fingerprint density at radius 3 is 2.44 bits per heavy atom. The van der Waals surface area contributed by atoms with Crippen LogP contribution in [0.25, 0.3) is 0 Å². The molecule has 0 bridgehead atoms. The van der Waals surface area contributed by atoms with Crippen molar-refractivity contribution in [2.24, 2.45) is 5.92 Å². The van der Waals surface area contributed by atoms with E-state index in [-0.39, 0.29) is 18.0 Å². The molecule has 0 aromatic heterocycles. The summed E-state index contributed by atoms with van der Waals surface area (Å²) in [5.41, 5.74) is 2.20. The van der Waals surface area contributed by atoms with E-state index in [4.69, 9.17) is 0 Å². The fourth-order valence-corrected chi connectivity index (χ4v) is 4.25. The summed E-state index contributed by atoms with van der Waals surface area (Å²) >= 11 is 0. The van der Waals surface area contributed by atoms with Gasteiger partial charge in [0, 0.05) is 44.0 Å². The monoisotopic (exact) mass is 372 g/mol. The van der Waals surface area contributed by atoms with Crippen LogP contribution >= 0.6 is 0 Å². The van der Waals surface area contributed by atoms with E-state index >= 15 is 0 Å². The summed E-state index contributed by atoms with van der Waals surface area (Å²) in [5, 5.41) is 8.62. The second kappa shape index (κ2) is 9.22. The van der Waals surface area contributed by atoms with E-state index in [9.17, 15) is 9.59 Å². The van der Waals surface area contributed by atoms with E-state index in [1.807, 2.05) is 6.92 Å². The molecule has 3 N–H and O–H groups in total. The molecule has 1 saturated heterocycles. The molecule has 0 spiro atoms. The van der Waals surface area contributed by atoms with Crippen LogP contribution in [0.5, 0.6) is 0 Å². The molecule has 0 radical (unpaired) electrons. The lowest BCUT2D eigenvalue weighted by Crippen LogP contribution is -2.46. The molecule has 1 aliphatic heterocycles. The number of nitrogens with one attached hydrogen (secondary N) is 3. The summed E-state index contributed by atoms with van der Waals surface area (Å²) in [7, 11) is 1.61. The molecule has 2 fully saturated rings. The number of benzene rings is 1. The van der Waals surface area contributed by atoms with Crippen LogP contribution in [-0.2, 0) is 0 Å². The second-order valence-corrected chi connectivity index (χ2v) is 7.93. The third kappa shape index (κ3) is 5.45. The molecular weight excluding hydrogens is 340 g/mol. The molecular formula is C21H32N4O2. The van der Waals surface area contributed by atoms with E-state index in [1.54, 1.807) is 25.2 Å². The van der Waals surface area contributed by atoms with Crippen molar-refractivity contribution in [3.8, 4) is 0 Å². The maximum Gasteiger partial charge on any atom is 0.319 e. The largest absolute Gasteiger partial charge is 0.355 e. The Morgan fingerprint density at radius 1 is 1.11 bits per heavy atom. The molecule has 1 heterocycles. The summed E-state index contributed by atoms with van der Waals surface area (Å²) in [6.07, 6.45) is 7.58. The second-order valence-electron chi connectivity index (χ2n) is 7.93. The zero-order valence-corrected chi connectivity index (χ0v) is 16.5. The van der Waals surface area contributed by atoms with Gasteiger partial charge in [0.2, 0.25) is 0 Å². The van der Waals surface area contributed by atoms with E-state index in [0.29, 0.717) is 5.56 Å². The van der Waals surface area contributed by atoms with E-state index in [0.717, 1.165) is 43.1 Å². The Kier molecular flexibility index (Phi) is 6.72. The number of nitrogens with zero attached hydrogens (tertiary/aromatic N) is 1. The lowest BCUT2D eigenvalue weighted by molar-refractivity contribution is 0.0963. The fraction of sp³-hybridized carbons (Fsp3) is 0.619. The highest BCUT2D eigenvalue weighted by Gasteiger charge is 2.24. The molecule has 0 unspecified atom stereocenters. The highest BCUT2D eigenvalue weighted by atomic mass is 16.2. The van der Waals surface area contributed by atoms with Gasteiger partial charge in [-0.2, -0.15) is 0 Å². The first kappa shape index (κ1) is 19.7. The van der Waals surface area contributed by atoms with E-state index in [2.05, 4.69) is 20.9 Å². The molecule has 3 rings (SSSR count). The normalized spacial score (nSPS) is 19.0. The first-order valence-electron chi connectivity index (χ1n) is 10.2. The SMILES string of the molecule is CNC(=O)c1ccc(NC(=O)NC2CCN(CC3CCCC3)CC2)c(C)c1. The van der Waals surface area contributed by atoms with Crippen LogP contribution < -0.4 is 16.0 Å². The van der Waals surface area contributed by atoms with Gasteiger partial charge in [0.25, 0.3) is 5.91 Å². The molecule has 1 saturated carbocycles. The van der Waals surface area contributed by atoms with Crippen molar-refractivity contribution in [2.45, 2.75) is 51.5 Å². The number of likely N-dealkylation sites (tertiary alicyclic amines) is 1. The summed E-state index contributed by atoms with van der Waals surface area (Å²) < 4.78 is 0. The lowest BCUT2D eigenvalue weighted by atomic mass is 10.0. The van der Waals surface area contributed by atoms with Gasteiger partial charge in [0.15, 0.2) is 0 Å². The number of hydrogen-bond donors (Lipinski definition) is 3. The molecule has 0 atom stereocenters. The van der Waals surface area contributed by atoms with Crippen molar-refractivity contribution in [3.05, 3.63) is 29.3 Å². The number of anilines is 1. The number of piperidine rings is 1. The Balaban J connectivity index is 1.44. The van der Waals surface area contributed by atoms with Crippen molar-refractivity contribution in [1.82, 2.24) is 15.5 Å². The Hall–Kier alpha value is -2.08. The first-order chi connectivity index (χ1) is 13.0. The highest BCUT2D eigenvalue weighted by molar-refractivity contribution is 5.96. The number of carbonyl (C=O) groups excluding carboxylic acids is 2. The van der Waals surface area contributed by atoms with Gasteiger partial charge in [0.05, 0.1) is 0 Å². The number of hydrogen-bond acceptors (Lipinski definition) is 3. The third-order valence-electron chi connectivity index (χ3n) is 5.88. The van der Waals surface area contributed by atoms with Crippen molar-refractivity contribution >= 4 is 17.6 Å². The van der Waals surface area contributed by atoms with Gasteiger partial charge < -0.3 is 20.9 Å². The van der Waals surface area contributed by atoms with Crippen LogP contribution in [0.1, 0.15) is 54.4 Å². The molecule has 6 heteroatoms. The third-order valence-corrected chi connectivity index (χ3v) is 5.88. The van der Waals surface area contributed by atoms with Crippen LogP contribution in [0, 0.1) is 12.8 Å². The van der Waals surface area contributed by atoms with Gasteiger partial charge in [-0.15, -0.1) is 0 Å². The summed E-state index contributed by atoms with van der Waals surface area (Å²) in [6, 6.07) is 5.36. The van der Waals surface area contributed by atoms with Crippen LogP contribution in [0.15, 0.2) is 18.2 Å². The number of aryl methyl sites for hydroxylation is 1. The fourth-order valence-electron chi connectivity index (χ4n) is 4.25. The quantitative estimate of drug-likeness (QED) is 0.743. The van der Waals surface area contributed by atoms with Gasteiger partial charge in [-0.1, -0.05) is 12.8 Å². The summed E-state index contributed by atoms with van der Waals surface area (Å²) in [4.78, 5) is 26.6. The van der Waals surface area contributed by atoms with Crippen molar-refractivity contribution in [3.63, 3.8) is 0 Å². The maximum atomic E-state index is 12.4. The average molecular weight is 373 g/mol. The zero-order chi connectivity index (χ0) is 19.2. The molecule has 6 nitrogen and oxygen atoms in total. The summed E-state index contributed by atoms with van der Waals surface area (Å²) in [6.45, 7) is 5.27. The number of rotatable bonds is 5. The standard InChI is InChI=1S/C21H32N4O2/c1-15-13-17(20(26)22-2)7-8-19(15)24-21(27)23-18-9-11-25(12-10-18)14-16-5-3-4-6-16/h7-8,13,16,18H,3-6,9-12,14H2,1-2H3,(H,22,26)(H2,23,24,27). The van der Waals surface area contributed by atoms with Gasteiger partial charge in [-0.3, -0.25) is 4.79 Å². The first-order valence-corrected chi connectivity index (χ1v) is 10.2. The van der Waals surface area contributed by atoms with Gasteiger partial charge >= 0.3 is 6.03 Å². The molecule has 1 aromatic rings. The molecule has 2 aliphatic rings. The zero-order valence-electron chi connectivity index (χ0n) is 16.5. The van der Waals surface area contributed by atoms with E-state index in [1.165, 1.54) is 32.2 Å². The Labute approximate surface area is 162 Å². The predicted molar refractivity (Wildman–Crippen MR) is 108 cm³/mol. The van der Waals surface area contributed by atoms with Crippen molar-refractivity contribution < 1.29 is 9.59 Å². The minimum absolute atomic E-state index is 0.126. The number of urea groups is 1. The Bertz CT molecular complexity index is 662. The molecule has 27 heavy (non-hydrogen) atoms. The van der Waals surface area contributed by atoms with Crippen molar-refractivity contribution in [2.75, 3.05) is 32.0 Å². The lowest BCUT2D eigenvalue weighted by Gasteiger charge is -2.33. The minimum atomic E-state index is -0.167. The van der Waals surface area contributed by atoms with Crippen LogP contribution in [0.4, 0.5) is 10.5 Å². The summed E-state index contributed by atoms with van der Waals surface area (Å²) in [5.74, 6) is 0.761. The number of amides is 3. The van der Waals surface area contributed by atoms with Crippen molar-refractivity contribution in [1.29, 1.82) is 0 Å².